The van der Waals surface area contributed by atoms with E-state index in [1.807, 2.05) is 0 Å². The zero-order valence-electron chi connectivity index (χ0n) is 16.6. The van der Waals surface area contributed by atoms with Crippen LogP contribution in [0.2, 0.25) is 0 Å². The Bertz CT molecular complexity index is 1200. The summed E-state index contributed by atoms with van der Waals surface area (Å²) in [7, 11) is 1.29. The molecule has 1 aromatic carbocycles. The van der Waals surface area contributed by atoms with E-state index in [0.29, 0.717) is 39.1 Å². The molecule has 4 rings (SSSR count). The fourth-order valence-corrected chi connectivity index (χ4v) is 4.44. The molecule has 7 nitrogen and oxygen atoms in total. The molecule has 0 unspecified atom stereocenters. The molecule has 0 saturated heterocycles. The number of hydrogen-bond donors (Lipinski definition) is 2. The number of ether oxygens (including phenoxy) is 1. The number of carbonyl (C=O) groups is 1. The van der Waals surface area contributed by atoms with Crippen LogP contribution in [-0.4, -0.2) is 28.0 Å². The van der Waals surface area contributed by atoms with Gasteiger partial charge in [-0.1, -0.05) is 42.6 Å². The van der Waals surface area contributed by atoms with Gasteiger partial charge in [-0.2, -0.15) is 0 Å². The molecule has 1 aliphatic rings. The highest BCUT2D eigenvalue weighted by Gasteiger charge is 2.41. The zero-order valence-corrected chi connectivity index (χ0v) is 17.4. The van der Waals surface area contributed by atoms with E-state index < -0.39 is 23.4 Å². The first-order chi connectivity index (χ1) is 15.0. The Morgan fingerprint density at radius 2 is 2.10 bits per heavy atom. The molecule has 0 aliphatic carbocycles. The van der Waals surface area contributed by atoms with Crippen molar-refractivity contribution < 1.29 is 13.9 Å². The zero-order chi connectivity index (χ0) is 22.0. The smallest absolute Gasteiger partial charge is 0.315 e. The van der Waals surface area contributed by atoms with Gasteiger partial charge < -0.3 is 15.0 Å². The fourth-order valence-electron chi connectivity index (χ4n) is 3.60. The number of nitrogens with zero attached hydrogens (tertiary/aromatic N) is 2. The first-order valence-corrected chi connectivity index (χ1v) is 10.4. The molecular weight excluding hydrogens is 419 g/mol. The molecule has 0 bridgehead atoms. The lowest BCUT2D eigenvalue weighted by Gasteiger charge is -2.33. The van der Waals surface area contributed by atoms with Gasteiger partial charge in [0, 0.05) is 29.8 Å². The van der Waals surface area contributed by atoms with Gasteiger partial charge in [-0.15, -0.1) is 0 Å². The number of H-pyrrole nitrogens is 1. The number of fused-ring (bicyclic) bond motifs is 1. The van der Waals surface area contributed by atoms with Gasteiger partial charge >= 0.3 is 5.97 Å². The second-order valence-electron chi connectivity index (χ2n) is 6.93. The summed E-state index contributed by atoms with van der Waals surface area (Å²) in [5.41, 5.74) is 1.44. The van der Waals surface area contributed by atoms with Crippen LogP contribution in [0.25, 0.3) is 0 Å². The van der Waals surface area contributed by atoms with Crippen molar-refractivity contribution in [2.45, 2.75) is 16.8 Å². The second-order valence-corrected chi connectivity index (χ2v) is 7.89. The number of halogens is 1. The number of anilines is 1. The van der Waals surface area contributed by atoms with Gasteiger partial charge in [0.25, 0.3) is 5.56 Å². The number of benzene rings is 1. The Kier molecular flexibility index (Phi) is 5.85. The van der Waals surface area contributed by atoms with Crippen molar-refractivity contribution in [3.8, 4) is 0 Å². The summed E-state index contributed by atoms with van der Waals surface area (Å²) in [5.74, 6) is -1.72. The van der Waals surface area contributed by atoms with Crippen LogP contribution in [0, 0.1) is 11.7 Å². The Morgan fingerprint density at radius 1 is 1.29 bits per heavy atom. The third-order valence-corrected chi connectivity index (χ3v) is 5.98. The summed E-state index contributed by atoms with van der Waals surface area (Å²) in [5, 5.41) is 3.31. The van der Waals surface area contributed by atoms with E-state index in [2.05, 4.69) is 26.8 Å². The lowest BCUT2D eigenvalue weighted by Crippen LogP contribution is -2.37. The van der Waals surface area contributed by atoms with Gasteiger partial charge in [0.15, 0.2) is 5.16 Å². The van der Waals surface area contributed by atoms with Crippen LogP contribution in [0.4, 0.5) is 10.2 Å². The number of esters is 1. The molecule has 0 fully saturated rings. The van der Waals surface area contributed by atoms with Crippen LogP contribution < -0.4 is 10.9 Å². The molecule has 31 heavy (non-hydrogen) atoms. The topological polar surface area (TPSA) is 97.0 Å². The van der Waals surface area contributed by atoms with Crippen LogP contribution in [0.1, 0.15) is 22.6 Å². The van der Waals surface area contributed by atoms with Crippen molar-refractivity contribution in [1.82, 2.24) is 15.0 Å². The minimum Gasteiger partial charge on any atom is -0.468 e. The van der Waals surface area contributed by atoms with Crippen molar-refractivity contribution in [3.63, 3.8) is 0 Å². The summed E-state index contributed by atoms with van der Waals surface area (Å²) >= 11 is 1.20. The maximum Gasteiger partial charge on any atom is 0.315 e. The molecule has 0 saturated carbocycles. The number of hydrogen-bond acceptors (Lipinski definition) is 7. The van der Waals surface area contributed by atoms with Crippen LogP contribution in [0.3, 0.4) is 0 Å². The molecule has 2 aromatic heterocycles. The molecule has 3 heterocycles. The average molecular weight is 438 g/mol. The SMILES string of the molecule is C=C1Nc2nc(SCc3ccccc3F)[nH]c(=O)c2[C@H](c2cccnc2)[C@H]1C(=O)OC. The lowest BCUT2D eigenvalue weighted by atomic mass is 9.78. The van der Waals surface area contributed by atoms with E-state index in [1.54, 1.807) is 42.7 Å². The molecule has 0 radical (unpaired) electrons. The minimum absolute atomic E-state index is 0.297. The minimum atomic E-state index is -0.818. The van der Waals surface area contributed by atoms with Crippen molar-refractivity contribution in [2.75, 3.05) is 12.4 Å². The molecule has 9 heteroatoms. The van der Waals surface area contributed by atoms with Gasteiger partial charge in [0.1, 0.15) is 17.6 Å². The van der Waals surface area contributed by atoms with Crippen molar-refractivity contribution in [1.29, 1.82) is 0 Å². The summed E-state index contributed by atoms with van der Waals surface area (Å²) < 4.78 is 18.9. The molecule has 0 amide bonds. The predicted molar refractivity (Wildman–Crippen MR) is 115 cm³/mol. The number of nitrogens with one attached hydrogen (secondary N) is 2. The third kappa shape index (κ3) is 4.09. The Morgan fingerprint density at radius 3 is 2.81 bits per heavy atom. The van der Waals surface area contributed by atoms with Gasteiger partial charge in [-0.25, -0.2) is 9.37 Å². The highest BCUT2D eigenvalue weighted by Crippen LogP contribution is 2.42. The van der Waals surface area contributed by atoms with Crippen LogP contribution in [0.5, 0.6) is 0 Å². The highest BCUT2D eigenvalue weighted by atomic mass is 32.2. The summed E-state index contributed by atoms with van der Waals surface area (Å²) in [6, 6.07) is 9.95. The predicted octanol–water partition coefficient (Wildman–Crippen LogP) is 3.46. The quantitative estimate of drug-likeness (QED) is 0.358. The van der Waals surface area contributed by atoms with E-state index in [9.17, 15) is 14.0 Å². The van der Waals surface area contributed by atoms with Crippen molar-refractivity contribution in [2.24, 2.45) is 5.92 Å². The van der Waals surface area contributed by atoms with Crippen molar-refractivity contribution in [3.05, 3.63) is 93.9 Å². The number of aromatic nitrogens is 3. The maximum absolute atomic E-state index is 13.9. The van der Waals surface area contributed by atoms with E-state index >= 15 is 0 Å². The van der Waals surface area contributed by atoms with Crippen molar-refractivity contribution >= 4 is 23.5 Å². The fraction of sp³-hybridized carbons (Fsp3) is 0.182. The van der Waals surface area contributed by atoms with E-state index in [0.717, 1.165) is 0 Å². The van der Waals surface area contributed by atoms with E-state index in [1.165, 1.54) is 24.9 Å². The number of aromatic amines is 1. The Balaban J connectivity index is 1.74. The number of methoxy groups -OCH3 is 1. The molecule has 158 valence electrons. The highest BCUT2D eigenvalue weighted by molar-refractivity contribution is 7.98. The monoisotopic (exact) mass is 438 g/mol. The van der Waals surface area contributed by atoms with Gasteiger partial charge in [-0.05, 0) is 23.3 Å². The lowest BCUT2D eigenvalue weighted by molar-refractivity contribution is -0.144. The normalized spacial score (nSPS) is 17.5. The second kappa shape index (κ2) is 8.73. The summed E-state index contributed by atoms with van der Waals surface area (Å²) in [6.07, 6.45) is 3.21. The average Bonchev–Trinajstić information content (AvgIpc) is 2.77. The first-order valence-electron chi connectivity index (χ1n) is 9.43. The van der Waals surface area contributed by atoms with Crippen LogP contribution in [-0.2, 0) is 15.3 Å². The number of carbonyl (C=O) groups excluding carboxylic acids is 1. The largest absolute Gasteiger partial charge is 0.468 e. The van der Waals surface area contributed by atoms with Crippen LogP contribution >= 0.6 is 11.8 Å². The van der Waals surface area contributed by atoms with Gasteiger partial charge in [0.2, 0.25) is 0 Å². The van der Waals surface area contributed by atoms with Gasteiger partial charge in [-0.3, -0.25) is 14.6 Å². The van der Waals surface area contributed by atoms with E-state index in [-0.39, 0.29) is 5.82 Å². The first kappa shape index (κ1) is 20.8. The standard InChI is InChI=1S/C22H19FN4O3S/c1-12-16(21(29)30-2)17(13-7-5-9-24-10-13)18-19(25-12)26-22(27-20(18)28)31-11-14-6-3-4-8-15(14)23/h3-10,16-17H,1,11H2,2H3,(H2,25,26,27,28)/t16-,17+/m0/s1. The molecular formula is C22H19FN4O3S. The van der Waals surface area contributed by atoms with Gasteiger partial charge in [0.05, 0.1) is 12.7 Å². The van der Waals surface area contributed by atoms with Crippen LogP contribution in [0.15, 0.2) is 71.0 Å². The summed E-state index contributed by atoms with van der Waals surface area (Å²) in [6.45, 7) is 3.96. The van der Waals surface area contributed by atoms with E-state index in [4.69, 9.17) is 4.74 Å². The number of rotatable bonds is 5. The maximum atomic E-state index is 13.9. The molecule has 2 atom stereocenters. The third-order valence-electron chi connectivity index (χ3n) is 5.05. The summed E-state index contributed by atoms with van der Waals surface area (Å²) in [4.78, 5) is 37.0. The molecule has 3 aromatic rings. The molecule has 1 aliphatic heterocycles. The Labute approximate surface area is 181 Å². The number of thioether (sulfide) groups is 1. The number of pyridine rings is 1. The Hall–Kier alpha value is -3.46. The molecule has 2 N–H and O–H groups in total. The molecule has 0 spiro atoms.